The molecule has 250 valence electrons. The quantitative estimate of drug-likeness (QED) is 0.0347. The van der Waals surface area contributed by atoms with Gasteiger partial charge in [-0.15, -0.1) is 0 Å². The van der Waals surface area contributed by atoms with Crippen molar-refractivity contribution in [3.05, 3.63) is 0 Å². The van der Waals surface area contributed by atoms with E-state index in [2.05, 4.69) is 16.8 Å². The number of rotatable bonds is 32. The van der Waals surface area contributed by atoms with Gasteiger partial charge in [-0.2, -0.15) is 0 Å². The van der Waals surface area contributed by atoms with Crippen LogP contribution in [0.4, 0.5) is 0 Å². The third-order valence-corrected chi connectivity index (χ3v) is 7.48. The molecule has 0 bridgehead atoms. The van der Waals surface area contributed by atoms with Crippen LogP contribution in [0.2, 0.25) is 0 Å². The minimum absolute atomic E-state index is 0. The predicted molar refractivity (Wildman–Crippen MR) is 162 cm³/mol. The van der Waals surface area contributed by atoms with E-state index in [-0.39, 0.29) is 84.8 Å². The minimum atomic E-state index is -5.17. The van der Waals surface area contributed by atoms with Crippen LogP contribution in [-0.2, 0) is 32.9 Å². The Labute approximate surface area is 312 Å². The number of ether oxygens (including phenoxy) is 3. The van der Waals surface area contributed by atoms with Crippen molar-refractivity contribution in [3.63, 3.8) is 0 Å². The van der Waals surface area contributed by atoms with Gasteiger partial charge < -0.3 is 38.4 Å². The van der Waals surface area contributed by atoms with Gasteiger partial charge in [-0.05, 0) is 19.3 Å². The van der Waals surface area contributed by atoms with Gasteiger partial charge in [-0.25, -0.2) is 0 Å². The van der Waals surface area contributed by atoms with Crippen LogP contribution in [0.1, 0.15) is 149 Å². The Bertz CT molecular complexity index is 687. The molecule has 0 aliphatic rings. The number of esters is 1. The van der Waals surface area contributed by atoms with E-state index in [9.17, 15) is 23.9 Å². The first-order chi connectivity index (χ1) is 20.2. The summed E-state index contributed by atoms with van der Waals surface area (Å²) in [6.07, 6.45) is 22.3. The molecule has 1 amide bonds. The molecule has 1 atom stereocenters. The Balaban J connectivity index is -0.00000840. The summed E-state index contributed by atoms with van der Waals surface area (Å²) >= 11 is 0. The third kappa shape index (κ3) is 41.0. The molecule has 10 nitrogen and oxygen atoms in total. The molecule has 1 N–H and O–H groups in total. The van der Waals surface area contributed by atoms with Gasteiger partial charge in [0.15, 0.2) is 0 Å². The van der Waals surface area contributed by atoms with E-state index in [4.69, 9.17) is 14.2 Å². The molecule has 0 saturated carbocycles. The first-order valence-electron chi connectivity index (χ1n) is 16.5. The summed E-state index contributed by atoms with van der Waals surface area (Å²) in [5.41, 5.74) is 0. The van der Waals surface area contributed by atoms with Crippen molar-refractivity contribution in [1.29, 1.82) is 0 Å². The molecule has 44 heavy (non-hydrogen) atoms. The number of nitrogens with one attached hydrogen (secondary N) is 1. The van der Waals surface area contributed by atoms with Gasteiger partial charge in [-0.1, -0.05) is 116 Å². The Hall–Kier alpha value is 0.970. The van der Waals surface area contributed by atoms with E-state index in [0.29, 0.717) is 13.0 Å². The molecule has 0 radical (unpaired) electrons. The standard InChI is InChI=1S/C31H62NO9P.2Na/c1-3-4-5-6-7-14-17-20-23-31(34)41-30(27-40-42(35,36)37)26-39-28-38-25-22-19-16-13-11-9-8-10-12-15-18-21-24-32-29(2)33;;/h30H,3-28H2,1-2H3,(H,32,33)(H2,35,36,37);;/q;2*+1/p-2/t30-;;/m0../s1. The van der Waals surface area contributed by atoms with E-state index in [1.165, 1.54) is 83.5 Å². The van der Waals surface area contributed by atoms with Crippen molar-refractivity contribution >= 4 is 19.7 Å². The van der Waals surface area contributed by atoms with Crippen LogP contribution in [0, 0.1) is 0 Å². The zero-order chi connectivity index (χ0) is 31.2. The van der Waals surface area contributed by atoms with Gasteiger partial charge >= 0.3 is 65.1 Å². The summed E-state index contributed by atoms with van der Waals surface area (Å²) < 4.78 is 31.3. The van der Waals surface area contributed by atoms with Gasteiger partial charge in [0.2, 0.25) is 5.91 Å². The maximum atomic E-state index is 12.2. The number of hydrogen-bond donors (Lipinski definition) is 1. The zero-order valence-corrected chi connectivity index (χ0v) is 33.5. The number of carbonyl (C=O) groups excluding carboxylic acids is 2. The van der Waals surface area contributed by atoms with Crippen LogP contribution >= 0.6 is 7.82 Å². The smallest absolute Gasteiger partial charge is 0.790 e. The topological polar surface area (TPSA) is 146 Å². The summed E-state index contributed by atoms with van der Waals surface area (Å²) in [5.74, 6) is -0.408. The number of amides is 1. The normalized spacial score (nSPS) is 11.8. The molecule has 0 unspecified atom stereocenters. The van der Waals surface area contributed by atoms with Crippen molar-refractivity contribution in [2.45, 2.75) is 155 Å². The maximum Gasteiger partial charge on any atom is 1.00 e. The molecular formula is C31H60NNa2O9P. The van der Waals surface area contributed by atoms with Crippen LogP contribution in [-0.4, -0.2) is 51.1 Å². The molecule has 0 fully saturated rings. The van der Waals surface area contributed by atoms with Crippen LogP contribution in [0.15, 0.2) is 0 Å². The SMILES string of the molecule is CCCCCCCCCCC(=O)O[C@@H](COCOCCCCCCCCCCCCCCNC(C)=O)COP(=O)([O-])[O-].[Na+].[Na+]. The van der Waals surface area contributed by atoms with Crippen molar-refractivity contribution in [2.75, 3.05) is 33.2 Å². The second-order valence-corrected chi connectivity index (χ2v) is 12.4. The molecule has 0 aliphatic heterocycles. The van der Waals surface area contributed by atoms with Gasteiger partial charge in [0.25, 0.3) is 0 Å². The van der Waals surface area contributed by atoms with Crippen molar-refractivity contribution in [3.8, 4) is 0 Å². The molecule has 0 spiro atoms. The van der Waals surface area contributed by atoms with Crippen molar-refractivity contribution in [2.24, 2.45) is 0 Å². The Kier molecular flexibility index (Phi) is 41.3. The number of unbranched alkanes of at least 4 members (excludes halogenated alkanes) is 18. The molecule has 0 heterocycles. The van der Waals surface area contributed by atoms with Crippen molar-refractivity contribution < 1.29 is 102 Å². The van der Waals surface area contributed by atoms with Crippen molar-refractivity contribution in [1.82, 2.24) is 5.32 Å². The second kappa shape index (κ2) is 36.8. The third-order valence-electron chi connectivity index (χ3n) is 7.01. The van der Waals surface area contributed by atoms with E-state index in [0.717, 1.165) is 45.1 Å². The Morgan fingerprint density at radius 1 is 0.682 bits per heavy atom. The Morgan fingerprint density at radius 3 is 1.66 bits per heavy atom. The second-order valence-electron chi connectivity index (χ2n) is 11.2. The largest absolute Gasteiger partial charge is 1.00 e. The summed E-state index contributed by atoms with van der Waals surface area (Å²) in [7, 11) is -5.17. The first-order valence-corrected chi connectivity index (χ1v) is 18.0. The maximum absolute atomic E-state index is 12.2. The number of carbonyl (C=O) groups is 2. The predicted octanol–water partition coefficient (Wildman–Crippen LogP) is 0.0903. The average molecular weight is 668 g/mol. The monoisotopic (exact) mass is 667 g/mol. The van der Waals surface area contributed by atoms with Crippen LogP contribution in [0.3, 0.4) is 0 Å². The molecule has 0 saturated heterocycles. The minimum Gasteiger partial charge on any atom is -0.790 e. The molecule has 0 aromatic rings. The first kappa shape index (κ1) is 49.4. The molecule has 0 aromatic heterocycles. The summed E-state index contributed by atoms with van der Waals surface area (Å²) in [6, 6.07) is 0. The fourth-order valence-corrected chi connectivity index (χ4v) is 4.95. The summed E-state index contributed by atoms with van der Waals surface area (Å²) in [4.78, 5) is 44.7. The fourth-order valence-electron chi connectivity index (χ4n) is 4.60. The van der Waals surface area contributed by atoms with Gasteiger partial charge in [0.05, 0.1) is 21.0 Å². The van der Waals surface area contributed by atoms with E-state index < -0.39 is 26.5 Å². The molecule has 0 aliphatic carbocycles. The summed E-state index contributed by atoms with van der Waals surface area (Å²) in [5, 5.41) is 2.83. The number of hydrogen-bond acceptors (Lipinski definition) is 9. The molecular weight excluding hydrogens is 607 g/mol. The number of phosphoric acid groups is 1. The van der Waals surface area contributed by atoms with Crippen LogP contribution < -0.4 is 74.2 Å². The Morgan fingerprint density at radius 2 is 1.16 bits per heavy atom. The molecule has 13 heteroatoms. The molecule has 0 aromatic carbocycles. The van der Waals surface area contributed by atoms with Gasteiger partial charge in [-0.3, -0.25) is 9.59 Å². The van der Waals surface area contributed by atoms with Crippen LogP contribution in [0.25, 0.3) is 0 Å². The zero-order valence-electron chi connectivity index (χ0n) is 28.6. The van der Waals surface area contributed by atoms with E-state index in [1.807, 2.05) is 0 Å². The summed E-state index contributed by atoms with van der Waals surface area (Å²) in [6.45, 7) is 4.40. The molecule has 0 rings (SSSR count). The fraction of sp³-hybridized carbons (Fsp3) is 0.935. The number of phosphoric ester groups is 1. The average Bonchev–Trinajstić information content (AvgIpc) is 2.93. The van der Waals surface area contributed by atoms with Gasteiger partial charge in [0, 0.05) is 26.5 Å². The van der Waals surface area contributed by atoms with Gasteiger partial charge in [0.1, 0.15) is 12.9 Å². The van der Waals surface area contributed by atoms with E-state index >= 15 is 0 Å². The van der Waals surface area contributed by atoms with E-state index in [1.54, 1.807) is 6.92 Å². The van der Waals surface area contributed by atoms with Crippen LogP contribution in [0.5, 0.6) is 0 Å².